The number of anilines is 4. The van der Waals surface area contributed by atoms with Gasteiger partial charge >= 0.3 is 0 Å². The average molecular weight is 466 g/mol. The zero-order valence-electron chi connectivity index (χ0n) is 19.3. The highest BCUT2D eigenvalue weighted by Crippen LogP contribution is 2.27. The Morgan fingerprint density at radius 2 is 1.76 bits per heavy atom. The lowest BCUT2D eigenvalue weighted by Gasteiger charge is -2.26. The highest BCUT2D eigenvalue weighted by molar-refractivity contribution is 5.81. The number of methoxy groups -OCH3 is 1. The second-order valence-corrected chi connectivity index (χ2v) is 7.68. The number of nitrogens with one attached hydrogen (secondary N) is 2. The molecule has 0 atom stereocenters. The third-order valence-electron chi connectivity index (χ3n) is 5.23. The maximum atomic E-state index is 13.3. The first kappa shape index (κ1) is 23.2. The van der Waals surface area contributed by atoms with Gasteiger partial charge in [-0.25, -0.2) is 9.82 Å². The van der Waals surface area contributed by atoms with Crippen molar-refractivity contribution >= 4 is 29.7 Å². The Labute approximate surface area is 198 Å². The summed E-state index contributed by atoms with van der Waals surface area (Å²) in [6, 6.07) is 11.6. The van der Waals surface area contributed by atoms with E-state index >= 15 is 0 Å². The van der Waals surface area contributed by atoms with Crippen molar-refractivity contribution in [2.45, 2.75) is 26.2 Å². The number of hydrogen-bond acceptors (Lipinski definition) is 9. The summed E-state index contributed by atoms with van der Waals surface area (Å²) >= 11 is 0. The maximum Gasteiger partial charge on any atom is 0.250 e. The zero-order chi connectivity index (χ0) is 23.8. The van der Waals surface area contributed by atoms with Crippen molar-refractivity contribution in [3.63, 3.8) is 0 Å². The Balaban J connectivity index is 1.54. The molecule has 9 nitrogen and oxygen atoms in total. The minimum Gasteiger partial charge on any atom is -0.493 e. The molecule has 0 amide bonds. The van der Waals surface area contributed by atoms with E-state index in [9.17, 15) is 4.39 Å². The van der Waals surface area contributed by atoms with Crippen molar-refractivity contribution in [1.29, 1.82) is 0 Å². The molecule has 2 aromatic carbocycles. The van der Waals surface area contributed by atoms with Crippen LogP contribution in [0.3, 0.4) is 0 Å². The molecule has 0 unspecified atom stereocenters. The minimum absolute atomic E-state index is 0.300. The number of hydrazone groups is 1. The van der Waals surface area contributed by atoms with Crippen molar-refractivity contribution in [3.8, 4) is 11.5 Å². The Morgan fingerprint density at radius 3 is 2.50 bits per heavy atom. The monoisotopic (exact) mass is 465 g/mol. The van der Waals surface area contributed by atoms with Crippen LogP contribution in [0.5, 0.6) is 11.5 Å². The Hall–Kier alpha value is -3.95. The molecule has 2 heterocycles. The van der Waals surface area contributed by atoms with Crippen LogP contribution in [-0.2, 0) is 0 Å². The summed E-state index contributed by atoms with van der Waals surface area (Å²) in [6.07, 6.45) is 5.03. The number of ether oxygens (including phenoxy) is 2. The van der Waals surface area contributed by atoms with E-state index < -0.39 is 0 Å². The molecular formula is C24H28FN7O2. The Morgan fingerprint density at radius 1 is 1.00 bits per heavy atom. The molecule has 1 saturated heterocycles. The van der Waals surface area contributed by atoms with Crippen LogP contribution in [0.15, 0.2) is 47.6 Å². The molecule has 1 aliphatic heterocycles. The lowest BCUT2D eigenvalue weighted by molar-refractivity contribution is 0.311. The molecule has 0 radical (unpaired) electrons. The molecule has 10 heteroatoms. The smallest absolute Gasteiger partial charge is 0.250 e. The number of nitrogens with zero attached hydrogens (tertiary/aromatic N) is 5. The predicted octanol–water partition coefficient (Wildman–Crippen LogP) is 4.60. The number of halogens is 1. The van der Waals surface area contributed by atoms with E-state index in [0.29, 0.717) is 41.6 Å². The first-order valence-electron chi connectivity index (χ1n) is 11.3. The zero-order valence-corrected chi connectivity index (χ0v) is 19.3. The number of hydrogen-bond donors (Lipinski definition) is 2. The fraction of sp³-hybridized carbons (Fsp3) is 0.333. The van der Waals surface area contributed by atoms with Crippen LogP contribution < -0.4 is 25.1 Å². The molecule has 1 fully saturated rings. The van der Waals surface area contributed by atoms with Crippen molar-refractivity contribution in [1.82, 2.24) is 15.0 Å². The van der Waals surface area contributed by atoms with Gasteiger partial charge in [-0.15, -0.1) is 0 Å². The topological polar surface area (TPSA) is 96.8 Å². The summed E-state index contributed by atoms with van der Waals surface area (Å²) in [5.41, 5.74) is 4.39. The Bertz CT molecular complexity index is 1120. The van der Waals surface area contributed by atoms with Crippen molar-refractivity contribution < 1.29 is 13.9 Å². The van der Waals surface area contributed by atoms with Gasteiger partial charge in [0.2, 0.25) is 17.8 Å². The molecule has 1 aromatic heterocycles. The fourth-order valence-electron chi connectivity index (χ4n) is 3.57. The van der Waals surface area contributed by atoms with Gasteiger partial charge < -0.3 is 19.7 Å². The molecule has 0 bridgehead atoms. The summed E-state index contributed by atoms with van der Waals surface area (Å²) in [5, 5.41) is 7.40. The van der Waals surface area contributed by atoms with Crippen LogP contribution >= 0.6 is 0 Å². The number of piperidine rings is 1. The third-order valence-corrected chi connectivity index (χ3v) is 5.23. The van der Waals surface area contributed by atoms with E-state index in [1.54, 1.807) is 25.5 Å². The van der Waals surface area contributed by atoms with Crippen LogP contribution in [0.4, 0.5) is 27.9 Å². The molecule has 0 aliphatic carbocycles. The van der Waals surface area contributed by atoms with Gasteiger partial charge in [-0.1, -0.05) is 0 Å². The van der Waals surface area contributed by atoms with Crippen LogP contribution in [0.2, 0.25) is 0 Å². The number of benzene rings is 2. The molecule has 3 aromatic rings. The molecular weight excluding hydrogens is 437 g/mol. The molecule has 34 heavy (non-hydrogen) atoms. The first-order valence-corrected chi connectivity index (χ1v) is 11.3. The molecule has 2 N–H and O–H groups in total. The lowest BCUT2D eigenvalue weighted by atomic mass is 10.1. The van der Waals surface area contributed by atoms with E-state index in [-0.39, 0.29) is 5.82 Å². The highest BCUT2D eigenvalue weighted by atomic mass is 19.1. The minimum atomic E-state index is -0.308. The van der Waals surface area contributed by atoms with Gasteiger partial charge in [0.15, 0.2) is 11.5 Å². The summed E-state index contributed by atoms with van der Waals surface area (Å²) in [6.45, 7) is 4.24. The number of rotatable bonds is 9. The van der Waals surface area contributed by atoms with Crippen LogP contribution in [0.1, 0.15) is 31.7 Å². The Kier molecular flexibility index (Phi) is 7.69. The third kappa shape index (κ3) is 6.09. The van der Waals surface area contributed by atoms with Gasteiger partial charge in [0.05, 0.1) is 19.9 Å². The SMILES string of the molecule is CCOc1ccc(C=NNc2nc(Nc3ccc(F)cc3)nc(N3CCCCC3)n2)cc1OC. The molecule has 1 aliphatic rings. The summed E-state index contributed by atoms with van der Waals surface area (Å²) in [5.74, 6) is 2.22. The fourth-order valence-corrected chi connectivity index (χ4v) is 3.57. The van der Waals surface area contributed by atoms with Crippen molar-refractivity contribution in [3.05, 3.63) is 53.8 Å². The normalized spacial score (nSPS) is 13.7. The van der Waals surface area contributed by atoms with Crippen molar-refractivity contribution in [2.75, 3.05) is 42.4 Å². The van der Waals surface area contributed by atoms with E-state index in [2.05, 4.69) is 35.7 Å². The number of aromatic nitrogens is 3. The summed E-state index contributed by atoms with van der Waals surface area (Å²) in [4.78, 5) is 15.7. The summed E-state index contributed by atoms with van der Waals surface area (Å²) in [7, 11) is 1.60. The van der Waals surface area contributed by atoms with Crippen LogP contribution in [-0.4, -0.2) is 48.0 Å². The quantitative estimate of drug-likeness (QED) is 0.350. The van der Waals surface area contributed by atoms with Crippen molar-refractivity contribution in [2.24, 2.45) is 5.10 Å². The van der Waals surface area contributed by atoms with Gasteiger partial charge in [0.25, 0.3) is 0 Å². The lowest BCUT2D eigenvalue weighted by Crippen LogP contribution is -2.31. The average Bonchev–Trinajstić information content (AvgIpc) is 2.87. The molecule has 0 spiro atoms. The van der Waals surface area contributed by atoms with E-state index in [1.807, 2.05) is 25.1 Å². The first-order chi connectivity index (χ1) is 16.6. The van der Waals surface area contributed by atoms with Gasteiger partial charge in [-0.2, -0.15) is 20.1 Å². The largest absolute Gasteiger partial charge is 0.493 e. The van der Waals surface area contributed by atoms with E-state index in [1.165, 1.54) is 18.6 Å². The molecule has 4 rings (SSSR count). The second-order valence-electron chi connectivity index (χ2n) is 7.68. The maximum absolute atomic E-state index is 13.3. The van der Waals surface area contributed by atoms with Gasteiger partial charge in [-0.05, 0) is 74.2 Å². The van der Waals surface area contributed by atoms with Gasteiger partial charge in [0, 0.05) is 18.8 Å². The molecule has 0 saturated carbocycles. The summed E-state index contributed by atoms with van der Waals surface area (Å²) < 4.78 is 24.2. The van der Waals surface area contributed by atoms with Gasteiger partial charge in [-0.3, -0.25) is 0 Å². The predicted molar refractivity (Wildman–Crippen MR) is 131 cm³/mol. The molecule has 178 valence electrons. The standard InChI is InChI=1S/C24H28FN7O2/c1-3-34-20-12-7-17(15-21(20)33-2)16-26-31-23-28-22(27-19-10-8-18(25)9-11-19)29-24(30-23)32-13-5-4-6-14-32/h7-12,15-16H,3-6,13-14H2,1-2H3,(H2,27,28,29,30,31). The second kappa shape index (κ2) is 11.3. The van der Waals surface area contributed by atoms with Crippen LogP contribution in [0, 0.1) is 5.82 Å². The van der Waals surface area contributed by atoms with Crippen LogP contribution in [0.25, 0.3) is 0 Å². The van der Waals surface area contributed by atoms with Gasteiger partial charge in [0.1, 0.15) is 5.82 Å². The van der Waals surface area contributed by atoms with E-state index in [0.717, 1.165) is 31.5 Å². The van der Waals surface area contributed by atoms with E-state index in [4.69, 9.17) is 9.47 Å². The highest BCUT2D eigenvalue weighted by Gasteiger charge is 2.16.